The van der Waals surface area contributed by atoms with E-state index in [0.29, 0.717) is 12.1 Å². The summed E-state index contributed by atoms with van der Waals surface area (Å²) in [5.41, 5.74) is 0. The molecule has 4 heteroatoms. The Labute approximate surface area is 105 Å². The van der Waals surface area contributed by atoms with Gasteiger partial charge < -0.3 is 15.2 Å². The van der Waals surface area contributed by atoms with Gasteiger partial charge in [0, 0.05) is 25.7 Å². The molecule has 102 valence electrons. The first kappa shape index (κ1) is 14.9. The Hall–Kier alpha value is -0.160. The van der Waals surface area contributed by atoms with E-state index in [4.69, 9.17) is 4.74 Å². The molecule has 0 saturated carbocycles. The Balaban J connectivity index is 2.10. The van der Waals surface area contributed by atoms with E-state index in [-0.39, 0.29) is 6.10 Å². The smallest absolute Gasteiger partial charge is 0.0826 e. The predicted molar refractivity (Wildman–Crippen MR) is 70.2 cm³/mol. The molecule has 2 N–H and O–H groups in total. The summed E-state index contributed by atoms with van der Waals surface area (Å²) in [6.07, 6.45) is 1.80. The SMILES string of the molecule is CCC(O)CCNCC1CN(C(C)C)CCO1. The molecule has 1 fully saturated rings. The van der Waals surface area contributed by atoms with Crippen molar-refractivity contribution in [3.8, 4) is 0 Å². The van der Waals surface area contributed by atoms with E-state index in [1.54, 1.807) is 0 Å². The van der Waals surface area contributed by atoms with Crippen LogP contribution >= 0.6 is 0 Å². The number of aliphatic hydroxyl groups excluding tert-OH is 1. The highest BCUT2D eigenvalue weighted by Crippen LogP contribution is 2.08. The summed E-state index contributed by atoms with van der Waals surface area (Å²) in [5.74, 6) is 0. The van der Waals surface area contributed by atoms with E-state index in [1.807, 2.05) is 6.92 Å². The maximum Gasteiger partial charge on any atom is 0.0826 e. The second-order valence-corrected chi connectivity index (χ2v) is 5.14. The first-order valence-corrected chi connectivity index (χ1v) is 6.88. The fourth-order valence-corrected chi connectivity index (χ4v) is 2.07. The summed E-state index contributed by atoms with van der Waals surface area (Å²) >= 11 is 0. The van der Waals surface area contributed by atoms with Gasteiger partial charge >= 0.3 is 0 Å². The Morgan fingerprint density at radius 1 is 1.47 bits per heavy atom. The largest absolute Gasteiger partial charge is 0.393 e. The summed E-state index contributed by atoms with van der Waals surface area (Å²) in [5, 5.41) is 12.8. The molecule has 4 nitrogen and oxygen atoms in total. The van der Waals surface area contributed by atoms with Gasteiger partial charge in [-0.3, -0.25) is 4.90 Å². The highest BCUT2D eigenvalue weighted by molar-refractivity contribution is 4.75. The van der Waals surface area contributed by atoms with E-state index >= 15 is 0 Å². The van der Waals surface area contributed by atoms with Crippen molar-refractivity contribution in [2.75, 3.05) is 32.8 Å². The highest BCUT2D eigenvalue weighted by atomic mass is 16.5. The molecule has 17 heavy (non-hydrogen) atoms. The second-order valence-electron chi connectivity index (χ2n) is 5.14. The Morgan fingerprint density at radius 3 is 2.88 bits per heavy atom. The van der Waals surface area contributed by atoms with Crippen LogP contribution in [-0.2, 0) is 4.74 Å². The molecule has 1 aliphatic rings. The highest BCUT2D eigenvalue weighted by Gasteiger charge is 2.21. The molecule has 0 amide bonds. The third kappa shape index (κ3) is 5.82. The minimum Gasteiger partial charge on any atom is -0.393 e. The standard InChI is InChI=1S/C13H28N2O2/c1-4-12(16)5-6-14-9-13-10-15(11(2)3)7-8-17-13/h11-14,16H,4-10H2,1-3H3. The van der Waals surface area contributed by atoms with Crippen LogP contribution in [0.2, 0.25) is 0 Å². The topological polar surface area (TPSA) is 44.7 Å². The predicted octanol–water partition coefficient (Wildman–Crippen LogP) is 0.846. The molecule has 1 heterocycles. The van der Waals surface area contributed by atoms with Gasteiger partial charge in [-0.05, 0) is 33.2 Å². The zero-order chi connectivity index (χ0) is 12.7. The molecule has 1 saturated heterocycles. The lowest BCUT2D eigenvalue weighted by atomic mass is 10.2. The van der Waals surface area contributed by atoms with Crippen molar-refractivity contribution < 1.29 is 9.84 Å². The summed E-state index contributed by atoms with van der Waals surface area (Å²) in [6, 6.07) is 0.600. The number of hydrogen-bond acceptors (Lipinski definition) is 4. The van der Waals surface area contributed by atoms with E-state index in [0.717, 1.165) is 45.6 Å². The summed E-state index contributed by atoms with van der Waals surface area (Å²) in [7, 11) is 0. The van der Waals surface area contributed by atoms with Gasteiger partial charge in [-0.25, -0.2) is 0 Å². The van der Waals surface area contributed by atoms with Crippen molar-refractivity contribution in [1.29, 1.82) is 0 Å². The van der Waals surface area contributed by atoms with Crippen molar-refractivity contribution in [3.05, 3.63) is 0 Å². The molecular formula is C13H28N2O2. The van der Waals surface area contributed by atoms with Gasteiger partial charge in [-0.15, -0.1) is 0 Å². The zero-order valence-electron chi connectivity index (χ0n) is 11.5. The number of aliphatic hydroxyl groups is 1. The summed E-state index contributed by atoms with van der Waals surface area (Å²) < 4.78 is 5.73. The van der Waals surface area contributed by atoms with Gasteiger partial charge in [0.2, 0.25) is 0 Å². The van der Waals surface area contributed by atoms with Gasteiger partial charge in [0.1, 0.15) is 0 Å². The lowest BCUT2D eigenvalue weighted by Gasteiger charge is -2.35. The Kier molecular flexibility index (Phi) is 7.04. The van der Waals surface area contributed by atoms with Crippen LogP contribution in [0.3, 0.4) is 0 Å². The molecule has 0 aromatic carbocycles. The molecule has 2 atom stereocenters. The summed E-state index contributed by atoms with van der Waals surface area (Å²) in [6.45, 7) is 11.1. The van der Waals surface area contributed by atoms with Crippen LogP contribution in [0, 0.1) is 0 Å². The minimum absolute atomic E-state index is 0.165. The number of nitrogens with zero attached hydrogens (tertiary/aromatic N) is 1. The average Bonchev–Trinajstić information content (AvgIpc) is 2.34. The van der Waals surface area contributed by atoms with Crippen molar-refractivity contribution in [2.24, 2.45) is 0 Å². The first-order chi connectivity index (χ1) is 8.13. The quantitative estimate of drug-likeness (QED) is 0.652. The van der Waals surface area contributed by atoms with Gasteiger partial charge in [-0.2, -0.15) is 0 Å². The number of ether oxygens (including phenoxy) is 1. The first-order valence-electron chi connectivity index (χ1n) is 6.88. The molecule has 0 aliphatic carbocycles. The van der Waals surface area contributed by atoms with E-state index in [9.17, 15) is 5.11 Å². The Bertz CT molecular complexity index is 200. The van der Waals surface area contributed by atoms with Crippen LogP contribution in [0.4, 0.5) is 0 Å². The fraction of sp³-hybridized carbons (Fsp3) is 1.00. The molecule has 0 radical (unpaired) electrons. The van der Waals surface area contributed by atoms with Crippen LogP contribution in [0.15, 0.2) is 0 Å². The normalized spacial score (nSPS) is 24.2. The summed E-state index contributed by atoms with van der Waals surface area (Å²) in [4.78, 5) is 2.46. The number of morpholine rings is 1. The lowest BCUT2D eigenvalue weighted by molar-refractivity contribution is -0.0373. The zero-order valence-corrected chi connectivity index (χ0v) is 11.5. The van der Waals surface area contributed by atoms with Crippen LogP contribution in [-0.4, -0.2) is 61.0 Å². The maximum atomic E-state index is 9.43. The van der Waals surface area contributed by atoms with Crippen LogP contribution in [0.5, 0.6) is 0 Å². The van der Waals surface area contributed by atoms with Crippen LogP contribution < -0.4 is 5.32 Å². The molecule has 0 aromatic rings. The molecule has 0 bridgehead atoms. The maximum absolute atomic E-state index is 9.43. The van der Waals surface area contributed by atoms with Crippen molar-refractivity contribution >= 4 is 0 Å². The van der Waals surface area contributed by atoms with Crippen molar-refractivity contribution in [2.45, 2.75) is 51.9 Å². The van der Waals surface area contributed by atoms with E-state index in [2.05, 4.69) is 24.1 Å². The van der Waals surface area contributed by atoms with Gasteiger partial charge in [-0.1, -0.05) is 6.92 Å². The van der Waals surface area contributed by atoms with E-state index in [1.165, 1.54) is 0 Å². The second kappa shape index (κ2) is 8.03. The van der Waals surface area contributed by atoms with Crippen molar-refractivity contribution in [3.63, 3.8) is 0 Å². The average molecular weight is 244 g/mol. The number of rotatable bonds is 7. The monoisotopic (exact) mass is 244 g/mol. The van der Waals surface area contributed by atoms with Gasteiger partial charge in [0.05, 0.1) is 18.8 Å². The van der Waals surface area contributed by atoms with Gasteiger partial charge in [0.25, 0.3) is 0 Å². The fourth-order valence-electron chi connectivity index (χ4n) is 2.07. The number of nitrogens with one attached hydrogen (secondary N) is 1. The molecule has 1 aliphatic heterocycles. The molecule has 0 aromatic heterocycles. The Morgan fingerprint density at radius 2 is 2.24 bits per heavy atom. The van der Waals surface area contributed by atoms with Gasteiger partial charge in [0.15, 0.2) is 0 Å². The van der Waals surface area contributed by atoms with E-state index < -0.39 is 0 Å². The molecular weight excluding hydrogens is 216 g/mol. The lowest BCUT2D eigenvalue weighted by Crippen LogP contribution is -2.49. The third-order valence-corrected chi connectivity index (χ3v) is 3.40. The molecule has 0 spiro atoms. The molecule has 1 rings (SSSR count). The molecule has 2 unspecified atom stereocenters. The minimum atomic E-state index is -0.165. The number of hydrogen-bond donors (Lipinski definition) is 2. The van der Waals surface area contributed by atoms with Crippen molar-refractivity contribution in [1.82, 2.24) is 10.2 Å². The van der Waals surface area contributed by atoms with Crippen LogP contribution in [0.25, 0.3) is 0 Å². The van der Waals surface area contributed by atoms with Crippen LogP contribution in [0.1, 0.15) is 33.6 Å². The third-order valence-electron chi connectivity index (χ3n) is 3.40.